The van der Waals surface area contributed by atoms with Gasteiger partial charge >= 0.3 is 5.97 Å². The van der Waals surface area contributed by atoms with Crippen LogP contribution < -0.4 is 9.47 Å². The molecule has 0 saturated carbocycles. The maximum Gasteiger partial charge on any atom is 0.349 e. The Kier molecular flexibility index (Phi) is 4.88. The van der Waals surface area contributed by atoms with E-state index in [-0.39, 0.29) is 17.4 Å². The van der Waals surface area contributed by atoms with Gasteiger partial charge in [-0.1, -0.05) is 47.5 Å². The molecule has 0 N–H and O–H groups in total. The SMILES string of the molecule is O=C(COc1ccc(F)cc1Cl)Oc1ccc(Cl)c2ccccc12. The molecule has 0 saturated heterocycles. The van der Waals surface area contributed by atoms with Crippen LogP contribution in [0.3, 0.4) is 0 Å². The van der Waals surface area contributed by atoms with E-state index in [1.807, 2.05) is 24.3 Å². The Morgan fingerprint density at radius 2 is 1.62 bits per heavy atom. The van der Waals surface area contributed by atoms with Gasteiger partial charge in [-0.15, -0.1) is 0 Å². The van der Waals surface area contributed by atoms with Gasteiger partial charge in [-0.3, -0.25) is 0 Å². The standard InChI is InChI=1S/C18H11Cl2FO3/c19-14-6-8-16(13-4-2-1-3-12(13)14)24-18(22)10-23-17-7-5-11(21)9-15(17)20/h1-9H,10H2. The highest BCUT2D eigenvalue weighted by atomic mass is 35.5. The van der Waals surface area contributed by atoms with Gasteiger partial charge in [-0.25, -0.2) is 9.18 Å². The summed E-state index contributed by atoms with van der Waals surface area (Å²) in [6.07, 6.45) is 0. The highest BCUT2D eigenvalue weighted by Gasteiger charge is 2.12. The third kappa shape index (κ3) is 3.61. The maximum atomic E-state index is 13.0. The van der Waals surface area contributed by atoms with Crippen molar-refractivity contribution in [2.45, 2.75) is 0 Å². The van der Waals surface area contributed by atoms with Gasteiger partial charge in [0.2, 0.25) is 0 Å². The lowest BCUT2D eigenvalue weighted by molar-refractivity contribution is -0.136. The molecule has 24 heavy (non-hydrogen) atoms. The molecule has 0 amide bonds. The average Bonchev–Trinajstić information content (AvgIpc) is 2.57. The second-order valence-electron chi connectivity index (χ2n) is 4.93. The second-order valence-corrected chi connectivity index (χ2v) is 5.74. The number of ether oxygens (including phenoxy) is 2. The highest BCUT2D eigenvalue weighted by molar-refractivity contribution is 6.35. The molecule has 122 valence electrons. The summed E-state index contributed by atoms with van der Waals surface area (Å²) in [5, 5.41) is 2.16. The van der Waals surface area contributed by atoms with E-state index in [1.165, 1.54) is 12.1 Å². The Hall–Kier alpha value is -2.30. The minimum Gasteiger partial charge on any atom is -0.480 e. The summed E-state index contributed by atoms with van der Waals surface area (Å²) in [5.74, 6) is -0.504. The van der Waals surface area contributed by atoms with Gasteiger partial charge in [-0.05, 0) is 30.3 Å². The topological polar surface area (TPSA) is 35.5 Å². The molecule has 0 aliphatic rings. The molecule has 0 bridgehead atoms. The number of carbonyl (C=O) groups is 1. The van der Waals surface area contributed by atoms with Crippen LogP contribution in [0, 0.1) is 5.82 Å². The number of halogens is 3. The smallest absolute Gasteiger partial charge is 0.349 e. The van der Waals surface area contributed by atoms with E-state index < -0.39 is 11.8 Å². The fourth-order valence-electron chi connectivity index (χ4n) is 2.20. The van der Waals surface area contributed by atoms with Crippen LogP contribution in [0.5, 0.6) is 11.5 Å². The molecular formula is C18H11Cl2FO3. The molecule has 0 unspecified atom stereocenters. The summed E-state index contributed by atoms with van der Waals surface area (Å²) in [5.41, 5.74) is 0. The van der Waals surface area contributed by atoms with Crippen molar-refractivity contribution in [3.63, 3.8) is 0 Å². The fraction of sp³-hybridized carbons (Fsp3) is 0.0556. The average molecular weight is 365 g/mol. The van der Waals surface area contributed by atoms with Crippen molar-refractivity contribution in [3.05, 3.63) is 70.5 Å². The first-order chi connectivity index (χ1) is 11.5. The van der Waals surface area contributed by atoms with Crippen LogP contribution in [0.15, 0.2) is 54.6 Å². The van der Waals surface area contributed by atoms with Gasteiger partial charge < -0.3 is 9.47 Å². The molecule has 6 heteroatoms. The van der Waals surface area contributed by atoms with Crippen molar-refractivity contribution in [3.8, 4) is 11.5 Å². The summed E-state index contributed by atoms with van der Waals surface area (Å²) in [4.78, 5) is 12.0. The third-order valence-electron chi connectivity index (χ3n) is 3.29. The van der Waals surface area contributed by atoms with Gasteiger partial charge in [0.05, 0.1) is 5.02 Å². The maximum absolute atomic E-state index is 13.0. The Morgan fingerprint density at radius 3 is 2.38 bits per heavy atom. The van der Waals surface area contributed by atoms with Crippen LogP contribution in [0.25, 0.3) is 10.8 Å². The van der Waals surface area contributed by atoms with Crippen LogP contribution in [-0.4, -0.2) is 12.6 Å². The van der Waals surface area contributed by atoms with Crippen molar-refractivity contribution in [1.29, 1.82) is 0 Å². The Balaban J connectivity index is 1.72. The molecule has 0 heterocycles. The predicted molar refractivity (Wildman–Crippen MR) is 91.5 cm³/mol. The molecule has 0 fully saturated rings. The van der Waals surface area contributed by atoms with Crippen LogP contribution in [-0.2, 0) is 4.79 Å². The first-order valence-corrected chi connectivity index (χ1v) is 7.76. The molecule has 3 nitrogen and oxygen atoms in total. The molecule has 3 rings (SSSR count). The number of esters is 1. The molecule has 0 spiro atoms. The molecular weight excluding hydrogens is 354 g/mol. The van der Waals surface area contributed by atoms with Crippen LogP contribution in [0.2, 0.25) is 10.0 Å². The zero-order valence-corrected chi connectivity index (χ0v) is 13.8. The van der Waals surface area contributed by atoms with Crippen molar-refractivity contribution >= 4 is 39.9 Å². The van der Waals surface area contributed by atoms with Crippen LogP contribution in [0.1, 0.15) is 0 Å². The number of rotatable bonds is 4. The van der Waals surface area contributed by atoms with Crippen LogP contribution in [0.4, 0.5) is 4.39 Å². The van der Waals surface area contributed by atoms with Gasteiger partial charge in [0.15, 0.2) is 6.61 Å². The van der Waals surface area contributed by atoms with Crippen molar-refractivity contribution < 1.29 is 18.7 Å². The largest absolute Gasteiger partial charge is 0.480 e. The van der Waals surface area contributed by atoms with E-state index in [0.29, 0.717) is 10.8 Å². The summed E-state index contributed by atoms with van der Waals surface area (Å²) < 4.78 is 23.6. The summed E-state index contributed by atoms with van der Waals surface area (Å²) in [6, 6.07) is 14.2. The zero-order valence-electron chi connectivity index (χ0n) is 12.3. The molecule has 0 aliphatic heterocycles. The van der Waals surface area contributed by atoms with Gasteiger partial charge in [0.1, 0.15) is 17.3 Å². The van der Waals surface area contributed by atoms with E-state index in [0.717, 1.165) is 16.8 Å². The molecule has 0 aromatic heterocycles. The highest BCUT2D eigenvalue weighted by Crippen LogP contribution is 2.31. The van der Waals surface area contributed by atoms with E-state index >= 15 is 0 Å². The summed E-state index contributed by atoms with van der Waals surface area (Å²) >= 11 is 12.0. The quantitative estimate of drug-likeness (QED) is 0.467. The molecule has 0 radical (unpaired) electrons. The zero-order chi connectivity index (χ0) is 17.1. The molecule has 0 aliphatic carbocycles. The monoisotopic (exact) mass is 364 g/mol. The van der Waals surface area contributed by atoms with Crippen molar-refractivity contribution in [2.24, 2.45) is 0 Å². The number of benzene rings is 3. The summed E-state index contributed by atoms with van der Waals surface area (Å²) in [7, 11) is 0. The van der Waals surface area contributed by atoms with Crippen molar-refractivity contribution in [2.75, 3.05) is 6.61 Å². The van der Waals surface area contributed by atoms with Gasteiger partial charge in [0, 0.05) is 15.8 Å². The Bertz CT molecular complexity index is 912. The molecule has 3 aromatic carbocycles. The number of hydrogen-bond acceptors (Lipinski definition) is 3. The lowest BCUT2D eigenvalue weighted by Gasteiger charge is -2.10. The van der Waals surface area contributed by atoms with E-state index in [1.54, 1.807) is 12.1 Å². The third-order valence-corrected chi connectivity index (χ3v) is 3.92. The summed E-state index contributed by atoms with van der Waals surface area (Å²) in [6.45, 7) is -0.359. The Morgan fingerprint density at radius 1 is 0.917 bits per heavy atom. The lowest BCUT2D eigenvalue weighted by atomic mass is 10.1. The van der Waals surface area contributed by atoms with Gasteiger partial charge in [-0.2, -0.15) is 0 Å². The first kappa shape index (κ1) is 16.6. The van der Waals surface area contributed by atoms with E-state index in [4.69, 9.17) is 32.7 Å². The number of fused-ring (bicyclic) bond motifs is 1. The molecule has 0 atom stereocenters. The second kappa shape index (κ2) is 7.07. The normalized spacial score (nSPS) is 10.6. The van der Waals surface area contributed by atoms with E-state index in [2.05, 4.69) is 0 Å². The minimum absolute atomic E-state index is 0.0831. The Labute approximate surface area is 147 Å². The predicted octanol–water partition coefficient (Wildman–Crippen LogP) is 5.27. The lowest BCUT2D eigenvalue weighted by Crippen LogP contribution is -2.18. The fourth-order valence-corrected chi connectivity index (χ4v) is 2.65. The number of carbonyl (C=O) groups excluding carboxylic acids is 1. The van der Waals surface area contributed by atoms with Gasteiger partial charge in [0.25, 0.3) is 0 Å². The van der Waals surface area contributed by atoms with E-state index in [9.17, 15) is 9.18 Å². The van der Waals surface area contributed by atoms with Crippen LogP contribution >= 0.6 is 23.2 Å². The minimum atomic E-state index is -0.608. The number of hydrogen-bond donors (Lipinski definition) is 0. The first-order valence-electron chi connectivity index (χ1n) is 7.00. The van der Waals surface area contributed by atoms with Crippen molar-refractivity contribution in [1.82, 2.24) is 0 Å². The molecule has 3 aromatic rings.